The van der Waals surface area contributed by atoms with E-state index in [0.717, 1.165) is 23.9 Å². The largest absolute Gasteiger partial charge is 0.383 e. The third-order valence-electron chi connectivity index (χ3n) is 5.07. The predicted octanol–water partition coefficient (Wildman–Crippen LogP) is 1.13. The quantitative estimate of drug-likeness (QED) is 0.847. The van der Waals surface area contributed by atoms with E-state index in [-0.39, 0.29) is 5.91 Å². The number of para-hydroxylation sites is 1. The van der Waals surface area contributed by atoms with Gasteiger partial charge in [0, 0.05) is 37.7 Å². The zero-order valence-corrected chi connectivity index (χ0v) is 15.1. The number of anilines is 1. The third kappa shape index (κ3) is 2.49. The molecule has 0 aliphatic carbocycles. The number of fused-ring (bicyclic) bond motifs is 3. The standard InChI is InChI=1S/C18H22N6O2/c1-11-6-4-5-7-13(11)19-8-9-23-12(2)10-24-14-15(20-17(23)24)22(3)18(26)21-16(14)25/h4-7,10,14-15,19H,8-9H2,1-3H3,(H,21,25,26). The number of nitrogens with zero attached hydrogens (tertiary/aromatic N) is 4. The Hall–Kier alpha value is -3.03. The van der Waals surface area contributed by atoms with Crippen LogP contribution in [-0.2, 0) is 4.79 Å². The zero-order chi connectivity index (χ0) is 18.4. The van der Waals surface area contributed by atoms with Crippen molar-refractivity contribution in [2.75, 3.05) is 25.5 Å². The predicted molar refractivity (Wildman–Crippen MR) is 98.3 cm³/mol. The molecule has 3 aliphatic rings. The van der Waals surface area contributed by atoms with Gasteiger partial charge in [0.05, 0.1) is 0 Å². The van der Waals surface area contributed by atoms with Crippen LogP contribution < -0.4 is 10.6 Å². The summed E-state index contributed by atoms with van der Waals surface area (Å²) in [5.41, 5.74) is 3.34. The first-order chi connectivity index (χ1) is 12.5. The average molecular weight is 354 g/mol. The molecule has 4 rings (SSSR count). The van der Waals surface area contributed by atoms with Crippen LogP contribution >= 0.6 is 0 Å². The summed E-state index contributed by atoms with van der Waals surface area (Å²) in [4.78, 5) is 34.2. The lowest BCUT2D eigenvalue weighted by Gasteiger charge is -2.34. The van der Waals surface area contributed by atoms with E-state index < -0.39 is 18.2 Å². The van der Waals surface area contributed by atoms with Gasteiger partial charge < -0.3 is 20.0 Å². The number of guanidine groups is 1. The second-order valence-corrected chi connectivity index (χ2v) is 6.76. The van der Waals surface area contributed by atoms with E-state index >= 15 is 0 Å². The van der Waals surface area contributed by atoms with Crippen LogP contribution in [0.15, 0.2) is 41.2 Å². The number of nitrogens with one attached hydrogen (secondary N) is 2. The number of hydrogen-bond acceptors (Lipinski definition) is 6. The molecule has 136 valence electrons. The van der Waals surface area contributed by atoms with Gasteiger partial charge in [-0.2, -0.15) is 0 Å². The molecule has 2 unspecified atom stereocenters. The van der Waals surface area contributed by atoms with Crippen LogP contribution in [0.3, 0.4) is 0 Å². The molecule has 2 N–H and O–H groups in total. The number of carbonyl (C=O) groups is 2. The van der Waals surface area contributed by atoms with Crippen molar-refractivity contribution in [1.82, 2.24) is 20.0 Å². The molecule has 0 aromatic heterocycles. The first kappa shape index (κ1) is 16.4. The van der Waals surface area contributed by atoms with E-state index in [9.17, 15) is 9.59 Å². The van der Waals surface area contributed by atoms with Crippen molar-refractivity contribution in [3.63, 3.8) is 0 Å². The van der Waals surface area contributed by atoms with Crippen molar-refractivity contribution in [2.24, 2.45) is 4.99 Å². The van der Waals surface area contributed by atoms with Gasteiger partial charge in [0.25, 0.3) is 5.91 Å². The molecule has 0 bridgehead atoms. The number of benzene rings is 1. The average Bonchev–Trinajstić information content (AvgIpc) is 3.11. The summed E-state index contributed by atoms with van der Waals surface area (Å²) in [5.74, 6) is 0.418. The van der Waals surface area contributed by atoms with E-state index in [1.165, 1.54) is 10.5 Å². The van der Waals surface area contributed by atoms with E-state index in [1.807, 2.05) is 30.2 Å². The number of hydrogen-bond donors (Lipinski definition) is 2. The molecule has 1 saturated heterocycles. The normalized spacial score (nSPS) is 24.2. The molecular formula is C18H22N6O2. The van der Waals surface area contributed by atoms with Crippen molar-refractivity contribution in [1.29, 1.82) is 0 Å². The smallest absolute Gasteiger partial charge is 0.325 e. The van der Waals surface area contributed by atoms with Crippen molar-refractivity contribution >= 4 is 23.6 Å². The Kier molecular flexibility index (Phi) is 3.82. The maximum atomic E-state index is 12.3. The number of urea groups is 1. The lowest BCUT2D eigenvalue weighted by Crippen LogP contribution is -2.62. The number of allylic oxidation sites excluding steroid dienone is 1. The third-order valence-corrected chi connectivity index (χ3v) is 5.07. The molecule has 1 aromatic rings. The van der Waals surface area contributed by atoms with Crippen LogP contribution in [0.1, 0.15) is 12.5 Å². The second kappa shape index (κ2) is 6.05. The summed E-state index contributed by atoms with van der Waals surface area (Å²) in [7, 11) is 1.66. The minimum absolute atomic E-state index is 0.305. The Morgan fingerprint density at radius 1 is 1.23 bits per heavy atom. The molecule has 3 aliphatic heterocycles. The Labute approximate surface area is 152 Å². The molecular weight excluding hydrogens is 332 g/mol. The van der Waals surface area contributed by atoms with Crippen molar-refractivity contribution in [3.05, 3.63) is 41.7 Å². The lowest BCUT2D eigenvalue weighted by molar-refractivity contribution is -0.126. The molecule has 0 spiro atoms. The highest BCUT2D eigenvalue weighted by atomic mass is 16.2. The van der Waals surface area contributed by atoms with Crippen LogP contribution in [0.25, 0.3) is 0 Å². The van der Waals surface area contributed by atoms with Crippen LogP contribution in [0.5, 0.6) is 0 Å². The van der Waals surface area contributed by atoms with Crippen LogP contribution in [0.2, 0.25) is 0 Å². The van der Waals surface area contributed by atoms with Crippen LogP contribution in [0, 0.1) is 6.92 Å². The summed E-state index contributed by atoms with van der Waals surface area (Å²) < 4.78 is 0. The number of carbonyl (C=O) groups excluding carboxylic acids is 2. The van der Waals surface area contributed by atoms with Gasteiger partial charge in [-0.1, -0.05) is 18.2 Å². The molecule has 1 fully saturated rings. The van der Waals surface area contributed by atoms with Crippen molar-refractivity contribution < 1.29 is 9.59 Å². The molecule has 3 amide bonds. The Balaban J connectivity index is 1.48. The number of aliphatic imine (C=N–C) groups is 1. The highest BCUT2D eigenvalue weighted by Crippen LogP contribution is 2.31. The Morgan fingerprint density at radius 2 is 2.00 bits per heavy atom. The number of amides is 3. The molecule has 2 atom stereocenters. The van der Waals surface area contributed by atoms with E-state index in [0.29, 0.717) is 6.54 Å². The summed E-state index contributed by atoms with van der Waals surface area (Å²) in [6.07, 6.45) is 1.45. The number of aryl methyl sites for hydroxylation is 1. The van der Waals surface area contributed by atoms with E-state index in [1.54, 1.807) is 7.05 Å². The zero-order valence-electron chi connectivity index (χ0n) is 15.1. The summed E-state index contributed by atoms with van der Waals surface area (Å²) in [6, 6.07) is 7.24. The maximum Gasteiger partial charge on any atom is 0.325 e. The molecule has 1 aromatic carbocycles. The van der Waals surface area contributed by atoms with Gasteiger partial charge in [-0.3, -0.25) is 10.1 Å². The molecule has 3 heterocycles. The topological polar surface area (TPSA) is 80.3 Å². The van der Waals surface area contributed by atoms with Gasteiger partial charge in [-0.05, 0) is 25.5 Å². The first-order valence-corrected chi connectivity index (χ1v) is 8.66. The lowest BCUT2D eigenvalue weighted by atomic mass is 10.1. The van der Waals surface area contributed by atoms with Gasteiger partial charge in [0.15, 0.2) is 12.2 Å². The molecule has 8 nitrogen and oxygen atoms in total. The Bertz CT molecular complexity index is 833. The molecule has 0 radical (unpaired) electrons. The fraction of sp³-hybridized carbons (Fsp3) is 0.389. The molecule has 0 saturated carbocycles. The molecule has 8 heteroatoms. The number of likely N-dealkylation sites (N-methyl/N-ethyl adjacent to an activating group) is 1. The van der Waals surface area contributed by atoms with Gasteiger partial charge in [-0.15, -0.1) is 0 Å². The SMILES string of the molecule is CC1=CN2C(=NC3C2C(=O)NC(=O)N3C)N1CCNc1ccccc1C. The highest BCUT2D eigenvalue weighted by molar-refractivity contribution is 6.04. The minimum Gasteiger partial charge on any atom is -0.383 e. The van der Waals surface area contributed by atoms with Gasteiger partial charge in [0.1, 0.15) is 0 Å². The van der Waals surface area contributed by atoms with Gasteiger partial charge >= 0.3 is 6.03 Å². The maximum absolute atomic E-state index is 12.3. The van der Waals surface area contributed by atoms with Gasteiger partial charge in [0.2, 0.25) is 5.96 Å². The van der Waals surface area contributed by atoms with E-state index in [2.05, 4.69) is 39.6 Å². The Morgan fingerprint density at radius 3 is 2.77 bits per heavy atom. The van der Waals surface area contributed by atoms with E-state index in [4.69, 9.17) is 0 Å². The summed E-state index contributed by atoms with van der Waals surface area (Å²) >= 11 is 0. The van der Waals surface area contributed by atoms with Crippen molar-refractivity contribution in [2.45, 2.75) is 26.1 Å². The monoisotopic (exact) mass is 354 g/mol. The minimum atomic E-state index is -0.503. The number of imide groups is 1. The number of rotatable bonds is 4. The fourth-order valence-corrected chi connectivity index (χ4v) is 3.60. The van der Waals surface area contributed by atoms with Crippen molar-refractivity contribution in [3.8, 4) is 0 Å². The summed E-state index contributed by atoms with van der Waals surface area (Å²) in [5, 5.41) is 5.83. The summed E-state index contributed by atoms with van der Waals surface area (Å²) in [6.45, 7) is 5.52. The fourth-order valence-electron chi connectivity index (χ4n) is 3.60. The van der Waals surface area contributed by atoms with Gasteiger partial charge in [-0.25, -0.2) is 9.79 Å². The van der Waals surface area contributed by atoms with Crippen LogP contribution in [0.4, 0.5) is 10.5 Å². The van der Waals surface area contributed by atoms with Crippen LogP contribution in [-0.4, -0.2) is 64.9 Å². The highest BCUT2D eigenvalue weighted by Gasteiger charge is 2.51. The second-order valence-electron chi connectivity index (χ2n) is 6.76. The molecule has 26 heavy (non-hydrogen) atoms. The first-order valence-electron chi connectivity index (χ1n) is 8.66.